The van der Waals surface area contributed by atoms with Gasteiger partial charge in [-0.1, -0.05) is 13.8 Å². The van der Waals surface area contributed by atoms with Crippen LogP contribution < -0.4 is 5.32 Å². The van der Waals surface area contributed by atoms with E-state index in [0.717, 1.165) is 39.0 Å². The van der Waals surface area contributed by atoms with Crippen LogP contribution in [-0.2, 0) is 0 Å². The van der Waals surface area contributed by atoms with E-state index in [1.165, 1.54) is 4.90 Å². The molecule has 1 saturated heterocycles. The summed E-state index contributed by atoms with van der Waals surface area (Å²) in [5.41, 5.74) is 0.210. The summed E-state index contributed by atoms with van der Waals surface area (Å²) in [6, 6.07) is 1.79. The van der Waals surface area contributed by atoms with Crippen LogP contribution in [-0.4, -0.2) is 77.5 Å². The van der Waals surface area contributed by atoms with E-state index in [1.54, 1.807) is 16.9 Å². The van der Waals surface area contributed by atoms with Gasteiger partial charge in [-0.25, -0.2) is 0 Å². The molecule has 0 saturated carbocycles. The van der Waals surface area contributed by atoms with Crippen LogP contribution in [0.1, 0.15) is 49.6 Å². The van der Waals surface area contributed by atoms with Crippen molar-refractivity contribution in [3.8, 4) is 0 Å². The summed E-state index contributed by atoms with van der Waals surface area (Å²) in [6.45, 7) is 7.79. The molecule has 2 rings (SSSR count). The van der Waals surface area contributed by atoms with E-state index in [9.17, 15) is 18.0 Å². The maximum absolute atomic E-state index is 12.8. The van der Waals surface area contributed by atoms with Gasteiger partial charge in [0, 0.05) is 32.4 Å². The monoisotopic (exact) mass is 425 g/mol. The second kappa shape index (κ2) is 11.6. The van der Waals surface area contributed by atoms with Crippen molar-refractivity contribution in [2.24, 2.45) is 0 Å². The number of piperidine rings is 1. The number of amides is 1. The van der Waals surface area contributed by atoms with Crippen molar-refractivity contribution in [2.75, 3.05) is 45.8 Å². The molecular formula is C18H31ClF3N5O. The van der Waals surface area contributed by atoms with Gasteiger partial charge in [0.15, 0.2) is 0 Å². The van der Waals surface area contributed by atoms with Gasteiger partial charge in [-0.2, -0.15) is 18.3 Å². The molecule has 0 spiro atoms. The Kier molecular flexibility index (Phi) is 10.3. The molecule has 2 heterocycles. The fourth-order valence-electron chi connectivity index (χ4n) is 3.26. The van der Waals surface area contributed by atoms with Gasteiger partial charge in [0.05, 0.1) is 12.5 Å². The number of alkyl halides is 3. The second-order valence-corrected chi connectivity index (χ2v) is 6.87. The van der Waals surface area contributed by atoms with E-state index in [-0.39, 0.29) is 37.2 Å². The lowest BCUT2D eigenvalue weighted by Gasteiger charge is -2.26. The number of nitrogens with zero attached hydrogens (tertiary/aromatic N) is 4. The van der Waals surface area contributed by atoms with Crippen LogP contribution in [0.5, 0.6) is 0 Å². The van der Waals surface area contributed by atoms with Gasteiger partial charge in [-0.15, -0.1) is 12.4 Å². The van der Waals surface area contributed by atoms with Crippen molar-refractivity contribution in [1.82, 2.24) is 24.9 Å². The highest BCUT2D eigenvalue weighted by Gasteiger charge is 2.30. The smallest absolute Gasteiger partial charge is 0.336 e. The number of nitrogens with one attached hydrogen (secondary N) is 1. The summed E-state index contributed by atoms with van der Waals surface area (Å²) in [4.78, 5) is 16.2. The Hall–Kier alpha value is -1.32. The first kappa shape index (κ1) is 24.7. The molecular weight excluding hydrogens is 395 g/mol. The molecule has 1 aromatic rings. The molecule has 0 aliphatic carbocycles. The number of likely N-dealkylation sites (N-methyl/N-ethyl adjacent to an activating group) is 1. The van der Waals surface area contributed by atoms with Gasteiger partial charge in [0.2, 0.25) is 0 Å². The highest BCUT2D eigenvalue weighted by Crippen LogP contribution is 2.21. The van der Waals surface area contributed by atoms with Crippen molar-refractivity contribution in [3.63, 3.8) is 0 Å². The van der Waals surface area contributed by atoms with Crippen LogP contribution in [0.2, 0.25) is 0 Å². The molecule has 6 nitrogen and oxygen atoms in total. The topological polar surface area (TPSA) is 53.4 Å². The predicted molar refractivity (Wildman–Crippen MR) is 105 cm³/mol. The minimum absolute atomic E-state index is 0. The van der Waals surface area contributed by atoms with Gasteiger partial charge in [-0.3, -0.25) is 9.48 Å². The van der Waals surface area contributed by atoms with Gasteiger partial charge in [0.25, 0.3) is 5.91 Å². The third-order valence-electron chi connectivity index (χ3n) is 5.01. The summed E-state index contributed by atoms with van der Waals surface area (Å²) in [6.07, 6.45) is -1.54. The number of carbonyl (C=O) groups is 1. The van der Waals surface area contributed by atoms with E-state index in [1.807, 2.05) is 13.8 Å². The van der Waals surface area contributed by atoms with Gasteiger partial charge in [-0.05, 0) is 38.5 Å². The summed E-state index contributed by atoms with van der Waals surface area (Å²) in [5.74, 6) is -0.436. The van der Waals surface area contributed by atoms with E-state index < -0.39 is 18.5 Å². The molecule has 1 amide bonds. The van der Waals surface area contributed by atoms with Crippen molar-refractivity contribution in [2.45, 2.75) is 45.3 Å². The molecule has 28 heavy (non-hydrogen) atoms. The van der Waals surface area contributed by atoms with Crippen LogP contribution in [0.4, 0.5) is 13.2 Å². The summed E-state index contributed by atoms with van der Waals surface area (Å²) in [5, 5.41) is 7.65. The molecule has 1 unspecified atom stereocenters. The highest BCUT2D eigenvalue weighted by molar-refractivity contribution is 5.92. The minimum atomic E-state index is -4.29. The first-order chi connectivity index (χ1) is 12.8. The molecule has 1 N–H and O–H groups in total. The first-order valence-electron chi connectivity index (χ1n) is 9.68. The van der Waals surface area contributed by atoms with Crippen LogP contribution >= 0.6 is 12.4 Å². The predicted octanol–water partition coefficient (Wildman–Crippen LogP) is 2.97. The second-order valence-electron chi connectivity index (χ2n) is 6.87. The molecule has 1 aliphatic heterocycles. The molecule has 0 aromatic carbocycles. The largest absolute Gasteiger partial charge is 0.390 e. The maximum Gasteiger partial charge on any atom is 0.390 e. The molecule has 1 aliphatic rings. The number of hydrogen-bond acceptors (Lipinski definition) is 4. The zero-order chi connectivity index (χ0) is 19.9. The normalized spacial score (nSPS) is 17.4. The molecule has 1 fully saturated rings. The fourth-order valence-corrected chi connectivity index (χ4v) is 3.26. The van der Waals surface area contributed by atoms with Crippen molar-refractivity contribution in [3.05, 3.63) is 18.0 Å². The van der Waals surface area contributed by atoms with Gasteiger partial charge in [0.1, 0.15) is 5.69 Å². The lowest BCUT2D eigenvalue weighted by Crippen LogP contribution is -2.40. The number of halogens is 4. The van der Waals surface area contributed by atoms with Gasteiger partial charge >= 0.3 is 6.18 Å². The van der Waals surface area contributed by atoms with Gasteiger partial charge < -0.3 is 15.1 Å². The summed E-state index contributed by atoms with van der Waals surface area (Å²) in [7, 11) is 0. The maximum atomic E-state index is 12.8. The molecule has 162 valence electrons. The highest BCUT2D eigenvalue weighted by atomic mass is 35.5. The first-order valence-corrected chi connectivity index (χ1v) is 9.68. The molecule has 1 atom stereocenters. The minimum Gasteiger partial charge on any atom is -0.336 e. The third-order valence-corrected chi connectivity index (χ3v) is 5.01. The standard InChI is InChI=1S/C18H30F3N5O.ClH/c1-3-24(4-2)12-13-25(11-8-18(19,20)21)17(27)16-7-10-26(23-16)15-6-5-9-22-14-15;/h7,10,15,22H,3-6,8-9,11-14H2,1-2H3;1H. The average molecular weight is 426 g/mol. The summed E-state index contributed by atoms with van der Waals surface area (Å²) < 4.78 is 39.8. The van der Waals surface area contributed by atoms with Crippen LogP contribution in [0.3, 0.4) is 0 Å². The van der Waals surface area contributed by atoms with E-state index >= 15 is 0 Å². The Balaban J connectivity index is 0.00000392. The Morgan fingerprint density at radius 1 is 1.29 bits per heavy atom. The average Bonchev–Trinajstić information content (AvgIpc) is 3.14. The number of aromatic nitrogens is 2. The van der Waals surface area contributed by atoms with Crippen molar-refractivity contribution < 1.29 is 18.0 Å². The van der Waals surface area contributed by atoms with E-state index in [2.05, 4.69) is 15.3 Å². The number of hydrogen-bond donors (Lipinski definition) is 1. The lowest BCUT2D eigenvalue weighted by molar-refractivity contribution is -0.136. The van der Waals surface area contributed by atoms with Crippen LogP contribution in [0.25, 0.3) is 0 Å². The Labute approximate surface area is 170 Å². The van der Waals surface area contributed by atoms with Crippen LogP contribution in [0.15, 0.2) is 12.3 Å². The SMILES string of the molecule is CCN(CC)CCN(CCC(F)(F)F)C(=O)c1ccn(C2CCCNC2)n1.Cl. The molecule has 10 heteroatoms. The molecule has 1 aromatic heterocycles. The number of carbonyl (C=O) groups excluding carboxylic acids is 1. The van der Waals surface area contributed by atoms with E-state index in [4.69, 9.17) is 0 Å². The Bertz CT molecular complexity index is 586. The van der Waals surface area contributed by atoms with Crippen molar-refractivity contribution >= 4 is 18.3 Å². The quantitative estimate of drug-likeness (QED) is 0.661. The Morgan fingerprint density at radius 3 is 2.57 bits per heavy atom. The molecule has 0 bridgehead atoms. The van der Waals surface area contributed by atoms with E-state index in [0.29, 0.717) is 6.54 Å². The summed E-state index contributed by atoms with van der Waals surface area (Å²) >= 11 is 0. The zero-order valence-corrected chi connectivity index (χ0v) is 17.4. The molecule has 0 radical (unpaired) electrons. The lowest BCUT2D eigenvalue weighted by atomic mass is 10.1. The van der Waals surface area contributed by atoms with Crippen LogP contribution in [0, 0.1) is 0 Å². The van der Waals surface area contributed by atoms with Crippen molar-refractivity contribution in [1.29, 1.82) is 0 Å². The third kappa shape index (κ3) is 7.60. The fraction of sp³-hybridized carbons (Fsp3) is 0.778. The zero-order valence-electron chi connectivity index (χ0n) is 16.5. The Morgan fingerprint density at radius 2 is 2.00 bits per heavy atom. The number of rotatable bonds is 9.